The molecule has 8 heteroatoms. The summed E-state index contributed by atoms with van der Waals surface area (Å²) in [5.74, 6) is 1.78. The largest absolute Gasteiger partial charge is 0.340 e. The van der Waals surface area contributed by atoms with E-state index in [1.807, 2.05) is 60.4 Å². The van der Waals surface area contributed by atoms with Crippen molar-refractivity contribution in [1.29, 1.82) is 0 Å². The summed E-state index contributed by atoms with van der Waals surface area (Å²) in [5.41, 5.74) is 5.60. The maximum absolute atomic E-state index is 13.3. The Morgan fingerprint density at radius 2 is 1.86 bits per heavy atom. The lowest BCUT2D eigenvalue weighted by Crippen LogP contribution is -2.35. The first-order valence-electron chi connectivity index (χ1n) is 11.5. The summed E-state index contributed by atoms with van der Waals surface area (Å²) in [5, 5.41) is 8.04. The Morgan fingerprint density at radius 1 is 0.971 bits per heavy atom. The van der Waals surface area contributed by atoms with Crippen LogP contribution in [0.4, 0.5) is 11.5 Å². The van der Waals surface area contributed by atoms with Gasteiger partial charge in [-0.05, 0) is 54.8 Å². The van der Waals surface area contributed by atoms with Crippen LogP contribution in [0.1, 0.15) is 27.2 Å². The Balaban J connectivity index is 1.28. The first kappa shape index (κ1) is 21.0. The van der Waals surface area contributed by atoms with Gasteiger partial charge in [-0.15, -0.1) is 5.10 Å². The molecule has 1 amide bonds. The zero-order chi connectivity index (χ0) is 23.8. The van der Waals surface area contributed by atoms with Crippen molar-refractivity contribution in [2.75, 3.05) is 11.9 Å². The van der Waals surface area contributed by atoms with Crippen LogP contribution in [-0.4, -0.2) is 41.9 Å². The van der Waals surface area contributed by atoms with Crippen molar-refractivity contribution < 1.29 is 4.79 Å². The zero-order valence-electron chi connectivity index (χ0n) is 19.2. The van der Waals surface area contributed by atoms with Crippen LogP contribution < -0.4 is 5.32 Å². The van der Waals surface area contributed by atoms with E-state index in [0.29, 0.717) is 36.1 Å². The van der Waals surface area contributed by atoms with Gasteiger partial charge in [0.2, 0.25) is 0 Å². The Bertz CT molecular complexity index is 1540. The van der Waals surface area contributed by atoms with Gasteiger partial charge in [-0.2, -0.15) is 9.50 Å². The van der Waals surface area contributed by atoms with Crippen molar-refractivity contribution in [1.82, 2.24) is 29.5 Å². The summed E-state index contributed by atoms with van der Waals surface area (Å²) in [7, 11) is 0. The van der Waals surface area contributed by atoms with E-state index in [1.165, 1.54) is 11.1 Å². The molecule has 0 radical (unpaired) electrons. The molecule has 172 valence electrons. The number of carbonyl (C=O) groups excluding carboxylic acids is 1. The van der Waals surface area contributed by atoms with Gasteiger partial charge in [-0.25, -0.2) is 4.98 Å². The van der Waals surface area contributed by atoms with Gasteiger partial charge in [0.05, 0.1) is 0 Å². The van der Waals surface area contributed by atoms with Crippen LogP contribution in [-0.2, 0) is 13.0 Å². The number of rotatable bonds is 4. The Morgan fingerprint density at radius 3 is 2.71 bits per heavy atom. The van der Waals surface area contributed by atoms with Crippen molar-refractivity contribution in [2.45, 2.75) is 19.9 Å². The number of amides is 1. The molecule has 0 unspecified atom stereocenters. The number of aromatic nitrogens is 5. The Labute approximate surface area is 202 Å². The monoisotopic (exact) mass is 461 g/mol. The van der Waals surface area contributed by atoms with Crippen molar-refractivity contribution in [3.8, 4) is 11.4 Å². The standard InChI is InChI=1S/C27H23N7O/c1-18-14-24(34-27(29-18)31-25(32-34)21-9-5-12-28-16-21)30-23-10-4-8-20(15-23)26(35)33-13-11-19-6-2-3-7-22(19)17-33/h2-10,12,14-16,30H,11,13,17H2,1H3. The van der Waals surface area contributed by atoms with Crippen molar-refractivity contribution in [3.63, 3.8) is 0 Å². The topological polar surface area (TPSA) is 88.3 Å². The van der Waals surface area contributed by atoms with E-state index in [9.17, 15) is 4.79 Å². The minimum absolute atomic E-state index is 0.0267. The molecule has 0 saturated carbocycles. The van der Waals surface area contributed by atoms with Gasteiger partial charge in [0, 0.05) is 54.1 Å². The molecule has 1 aliphatic rings. The van der Waals surface area contributed by atoms with E-state index in [1.54, 1.807) is 16.9 Å². The number of pyridine rings is 1. The average molecular weight is 462 g/mol. The van der Waals surface area contributed by atoms with Crippen LogP contribution in [0, 0.1) is 6.92 Å². The molecule has 4 heterocycles. The summed E-state index contributed by atoms with van der Waals surface area (Å²) in [6, 6.07) is 21.6. The highest BCUT2D eigenvalue weighted by atomic mass is 16.2. The molecule has 3 aromatic heterocycles. The molecule has 0 fully saturated rings. The van der Waals surface area contributed by atoms with E-state index in [4.69, 9.17) is 0 Å². The molecule has 2 aromatic carbocycles. The SMILES string of the molecule is Cc1cc(Nc2cccc(C(=O)N3CCc4ccccc4C3)c2)n2nc(-c3cccnc3)nc2n1. The molecule has 0 bridgehead atoms. The second-order valence-corrected chi connectivity index (χ2v) is 8.62. The van der Waals surface area contributed by atoms with Gasteiger partial charge >= 0.3 is 0 Å². The van der Waals surface area contributed by atoms with Crippen LogP contribution in [0.5, 0.6) is 0 Å². The van der Waals surface area contributed by atoms with Gasteiger partial charge in [-0.1, -0.05) is 30.3 Å². The third-order valence-corrected chi connectivity index (χ3v) is 6.16. The highest BCUT2D eigenvalue weighted by molar-refractivity contribution is 5.95. The summed E-state index contributed by atoms with van der Waals surface area (Å²) in [4.78, 5) is 28.5. The Hall–Kier alpha value is -4.59. The fourth-order valence-corrected chi connectivity index (χ4v) is 4.42. The molecule has 5 aromatic rings. The molecule has 35 heavy (non-hydrogen) atoms. The van der Waals surface area contributed by atoms with Gasteiger partial charge in [0.15, 0.2) is 5.82 Å². The maximum Gasteiger partial charge on any atom is 0.254 e. The Kier molecular flexibility index (Phi) is 5.18. The summed E-state index contributed by atoms with van der Waals surface area (Å²) < 4.78 is 1.67. The molecular formula is C27H23N7O. The first-order chi connectivity index (χ1) is 17.1. The zero-order valence-corrected chi connectivity index (χ0v) is 19.2. The third kappa shape index (κ3) is 4.10. The van der Waals surface area contributed by atoms with Crippen LogP contribution in [0.15, 0.2) is 79.1 Å². The maximum atomic E-state index is 13.3. The molecule has 1 N–H and O–H groups in total. The van der Waals surface area contributed by atoms with Crippen LogP contribution >= 0.6 is 0 Å². The number of benzene rings is 2. The van der Waals surface area contributed by atoms with Crippen LogP contribution in [0.25, 0.3) is 17.2 Å². The second kappa shape index (κ2) is 8.64. The van der Waals surface area contributed by atoms with Crippen LogP contribution in [0.3, 0.4) is 0 Å². The van der Waals surface area contributed by atoms with Gasteiger partial charge < -0.3 is 10.2 Å². The summed E-state index contributed by atoms with van der Waals surface area (Å²) >= 11 is 0. The van der Waals surface area contributed by atoms with E-state index >= 15 is 0 Å². The van der Waals surface area contributed by atoms with E-state index in [2.05, 4.69) is 43.6 Å². The minimum Gasteiger partial charge on any atom is -0.340 e. The quantitative estimate of drug-likeness (QED) is 0.426. The normalized spacial score (nSPS) is 13.0. The average Bonchev–Trinajstić information content (AvgIpc) is 3.33. The lowest BCUT2D eigenvalue weighted by atomic mass is 9.99. The number of nitrogens with one attached hydrogen (secondary N) is 1. The highest BCUT2D eigenvalue weighted by Crippen LogP contribution is 2.24. The minimum atomic E-state index is 0.0267. The number of hydrogen-bond donors (Lipinski definition) is 1. The number of carbonyl (C=O) groups is 1. The van der Waals surface area contributed by atoms with Gasteiger partial charge in [0.25, 0.3) is 11.7 Å². The number of anilines is 2. The molecule has 0 spiro atoms. The number of nitrogens with zero attached hydrogens (tertiary/aromatic N) is 6. The molecule has 0 atom stereocenters. The van der Waals surface area contributed by atoms with Crippen molar-refractivity contribution in [2.24, 2.45) is 0 Å². The van der Waals surface area contributed by atoms with E-state index in [0.717, 1.165) is 23.4 Å². The molecular weight excluding hydrogens is 438 g/mol. The smallest absolute Gasteiger partial charge is 0.254 e. The third-order valence-electron chi connectivity index (χ3n) is 6.16. The lowest BCUT2D eigenvalue weighted by molar-refractivity contribution is 0.0735. The fraction of sp³-hybridized carbons (Fsp3) is 0.148. The predicted molar refractivity (Wildman–Crippen MR) is 133 cm³/mol. The van der Waals surface area contributed by atoms with E-state index in [-0.39, 0.29) is 5.91 Å². The molecule has 6 rings (SSSR count). The molecule has 0 saturated heterocycles. The molecule has 8 nitrogen and oxygen atoms in total. The highest BCUT2D eigenvalue weighted by Gasteiger charge is 2.22. The van der Waals surface area contributed by atoms with Gasteiger partial charge in [0.1, 0.15) is 5.82 Å². The first-order valence-corrected chi connectivity index (χ1v) is 11.5. The second-order valence-electron chi connectivity index (χ2n) is 8.62. The number of fused-ring (bicyclic) bond motifs is 2. The van der Waals surface area contributed by atoms with Crippen molar-refractivity contribution >= 4 is 23.2 Å². The molecule has 0 aliphatic carbocycles. The van der Waals surface area contributed by atoms with E-state index < -0.39 is 0 Å². The summed E-state index contributed by atoms with van der Waals surface area (Å²) in [6.45, 7) is 3.26. The fourth-order valence-electron chi connectivity index (χ4n) is 4.42. The number of hydrogen-bond acceptors (Lipinski definition) is 6. The van der Waals surface area contributed by atoms with Crippen LogP contribution in [0.2, 0.25) is 0 Å². The van der Waals surface area contributed by atoms with Gasteiger partial charge in [-0.3, -0.25) is 9.78 Å². The molecule has 1 aliphatic heterocycles. The predicted octanol–water partition coefficient (Wildman–Crippen LogP) is 4.44. The number of aryl methyl sites for hydroxylation is 1. The van der Waals surface area contributed by atoms with Crippen molar-refractivity contribution in [3.05, 3.63) is 102 Å². The summed E-state index contributed by atoms with van der Waals surface area (Å²) in [6.07, 6.45) is 4.31. The lowest BCUT2D eigenvalue weighted by Gasteiger charge is -2.29.